The van der Waals surface area contributed by atoms with E-state index >= 15 is 0 Å². The van der Waals surface area contributed by atoms with Crippen molar-refractivity contribution in [1.29, 1.82) is 0 Å². The minimum absolute atomic E-state index is 0.0567. The van der Waals surface area contributed by atoms with Gasteiger partial charge in [-0.1, -0.05) is 23.2 Å². The van der Waals surface area contributed by atoms with Crippen molar-refractivity contribution in [3.8, 4) is 11.5 Å². The van der Waals surface area contributed by atoms with Crippen LogP contribution in [0.1, 0.15) is 30.5 Å². The number of ether oxygens (including phenoxy) is 2. The molecule has 6 heteroatoms. The van der Waals surface area contributed by atoms with Crippen molar-refractivity contribution in [2.45, 2.75) is 19.4 Å². The van der Waals surface area contributed by atoms with Gasteiger partial charge in [0, 0.05) is 40.8 Å². The Morgan fingerprint density at radius 3 is 2.33 bits per heavy atom. The average molecular weight is 409 g/mol. The molecule has 0 amide bonds. The number of benzene rings is 2. The summed E-state index contributed by atoms with van der Waals surface area (Å²) >= 11 is 12.7. The van der Waals surface area contributed by atoms with Gasteiger partial charge in [-0.05, 0) is 56.3 Å². The van der Waals surface area contributed by atoms with E-state index in [-0.39, 0.29) is 6.04 Å². The third-order valence-electron chi connectivity index (χ3n) is 4.79. The first-order valence-corrected chi connectivity index (χ1v) is 10.1. The Hall–Kier alpha value is -1.46. The van der Waals surface area contributed by atoms with E-state index in [2.05, 4.69) is 10.2 Å². The van der Waals surface area contributed by atoms with Crippen molar-refractivity contribution in [2.24, 2.45) is 0 Å². The Balaban J connectivity index is 2.16. The first kappa shape index (κ1) is 20.3. The molecule has 0 aromatic heterocycles. The van der Waals surface area contributed by atoms with Crippen LogP contribution in [0, 0.1) is 0 Å². The Morgan fingerprint density at radius 2 is 1.67 bits per heavy atom. The third kappa shape index (κ3) is 4.88. The summed E-state index contributed by atoms with van der Waals surface area (Å²) in [6.07, 6.45) is 1.07. The summed E-state index contributed by atoms with van der Waals surface area (Å²) < 4.78 is 11.6. The maximum Gasteiger partial charge on any atom is 0.124 e. The van der Waals surface area contributed by atoms with Gasteiger partial charge in [-0.25, -0.2) is 0 Å². The molecule has 0 spiro atoms. The zero-order valence-corrected chi connectivity index (χ0v) is 17.3. The van der Waals surface area contributed by atoms with Crippen LogP contribution in [0.2, 0.25) is 10.0 Å². The van der Waals surface area contributed by atoms with Crippen LogP contribution in [0.3, 0.4) is 0 Å². The molecule has 2 aromatic carbocycles. The molecule has 1 aliphatic heterocycles. The fraction of sp³-hybridized carbons (Fsp3) is 0.429. The lowest BCUT2D eigenvalue weighted by Crippen LogP contribution is -2.33. The lowest BCUT2D eigenvalue weighted by molar-refractivity contribution is 0.229. The summed E-state index contributed by atoms with van der Waals surface area (Å²) in [6, 6.07) is 11.5. The van der Waals surface area contributed by atoms with Gasteiger partial charge in [0.25, 0.3) is 0 Å². The van der Waals surface area contributed by atoms with Gasteiger partial charge in [0.05, 0.1) is 19.8 Å². The predicted molar refractivity (Wildman–Crippen MR) is 112 cm³/mol. The van der Waals surface area contributed by atoms with Crippen LogP contribution in [0.5, 0.6) is 11.5 Å². The molecule has 27 heavy (non-hydrogen) atoms. The third-order valence-corrected chi connectivity index (χ3v) is 5.26. The molecule has 0 saturated carbocycles. The van der Waals surface area contributed by atoms with Crippen LogP contribution in [-0.4, -0.2) is 44.8 Å². The van der Waals surface area contributed by atoms with E-state index in [4.69, 9.17) is 32.7 Å². The Kier molecular flexibility index (Phi) is 7.25. The van der Waals surface area contributed by atoms with Crippen LogP contribution < -0.4 is 14.8 Å². The number of methoxy groups -OCH3 is 1. The van der Waals surface area contributed by atoms with Crippen molar-refractivity contribution in [3.63, 3.8) is 0 Å². The molecular formula is C21H26Cl2N2O2. The van der Waals surface area contributed by atoms with Crippen molar-refractivity contribution < 1.29 is 9.47 Å². The molecule has 1 N–H and O–H groups in total. The topological polar surface area (TPSA) is 33.7 Å². The van der Waals surface area contributed by atoms with Crippen molar-refractivity contribution >= 4 is 23.2 Å². The van der Waals surface area contributed by atoms with Crippen molar-refractivity contribution in [2.75, 3.05) is 39.9 Å². The average Bonchev–Trinajstić information content (AvgIpc) is 2.94. The van der Waals surface area contributed by atoms with Gasteiger partial charge in [-0.3, -0.25) is 4.90 Å². The molecule has 1 aliphatic rings. The highest BCUT2D eigenvalue weighted by atomic mass is 35.5. The molecule has 2 aromatic rings. The second-order valence-corrected chi connectivity index (χ2v) is 7.42. The molecule has 1 heterocycles. The molecular weight excluding hydrogens is 383 g/mol. The van der Waals surface area contributed by atoms with E-state index in [0.717, 1.165) is 55.2 Å². The molecule has 0 radical (unpaired) electrons. The fourth-order valence-electron chi connectivity index (χ4n) is 3.62. The lowest BCUT2D eigenvalue weighted by Gasteiger charge is -2.33. The van der Waals surface area contributed by atoms with Crippen LogP contribution in [-0.2, 0) is 0 Å². The highest BCUT2D eigenvalue weighted by Crippen LogP contribution is 2.41. The maximum absolute atomic E-state index is 6.38. The van der Waals surface area contributed by atoms with Gasteiger partial charge in [-0.2, -0.15) is 0 Å². The van der Waals surface area contributed by atoms with Crippen LogP contribution in [0.4, 0.5) is 0 Å². The molecule has 4 nitrogen and oxygen atoms in total. The minimum atomic E-state index is -0.0567. The first-order valence-electron chi connectivity index (χ1n) is 9.34. The van der Waals surface area contributed by atoms with Gasteiger partial charge in [0.2, 0.25) is 0 Å². The van der Waals surface area contributed by atoms with Gasteiger partial charge in [-0.15, -0.1) is 0 Å². The largest absolute Gasteiger partial charge is 0.496 e. The van der Waals surface area contributed by atoms with E-state index in [1.165, 1.54) is 0 Å². The Labute approximate surface area is 171 Å². The van der Waals surface area contributed by atoms with Crippen molar-refractivity contribution in [1.82, 2.24) is 10.2 Å². The summed E-state index contributed by atoms with van der Waals surface area (Å²) in [5.41, 5.74) is 2.06. The molecule has 1 atom stereocenters. The van der Waals surface area contributed by atoms with E-state index in [9.17, 15) is 0 Å². The SMILES string of the molecule is CCOc1ccc(Cl)cc1C(c1cc(Cl)ccc1OC)N1CCCNCC1. The van der Waals surface area contributed by atoms with E-state index in [1.54, 1.807) is 7.11 Å². The highest BCUT2D eigenvalue weighted by molar-refractivity contribution is 6.31. The van der Waals surface area contributed by atoms with E-state index in [0.29, 0.717) is 16.7 Å². The molecule has 3 rings (SSSR count). The maximum atomic E-state index is 6.38. The second kappa shape index (κ2) is 9.65. The van der Waals surface area contributed by atoms with Gasteiger partial charge in [0.1, 0.15) is 11.5 Å². The predicted octanol–water partition coefficient (Wildman–Crippen LogP) is 4.79. The molecule has 1 saturated heterocycles. The summed E-state index contributed by atoms with van der Waals surface area (Å²) in [6.45, 7) is 6.41. The van der Waals surface area contributed by atoms with Crippen LogP contribution in [0.15, 0.2) is 36.4 Å². The van der Waals surface area contributed by atoms with Gasteiger partial charge in [0.15, 0.2) is 0 Å². The summed E-state index contributed by atoms with van der Waals surface area (Å²) in [5, 5.41) is 4.84. The molecule has 1 unspecified atom stereocenters. The number of nitrogens with one attached hydrogen (secondary N) is 1. The molecule has 1 fully saturated rings. The normalized spacial score (nSPS) is 16.6. The smallest absolute Gasteiger partial charge is 0.124 e. The quantitative estimate of drug-likeness (QED) is 0.744. The van der Waals surface area contributed by atoms with E-state index < -0.39 is 0 Å². The number of rotatable bonds is 6. The Bertz CT molecular complexity index is 762. The second-order valence-electron chi connectivity index (χ2n) is 6.54. The van der Waals surface area contributed by atoms with E-state index in [1.807, 2.05) is 43.3 Å². The monoisotopic (exact) mass is 408 g/mol. The summed E-state index contributed by atoms with van der Waals surface area (Å²) in [5.74, 6) is 1.65. The fourth-order valence-corrected chi connectivity index (χ4v) is 3.99. The lowest BCUT2D eigenvalue weighted by atomic mass is 9.95. The number of nitrogens with zero attached hydrogens (tertiary/aromatic N) is 1. The Morgan fingerprint density at radius 1 is 1.00 bits per heavy atom. The number of halogens is 2. The number of hydrogen-bond acceptors (Lipinski definition) is 4. The zero-order chi connectivity index (χ0) is 19.2. The van der Waals surface area contributed by atoms with Gasteiger partial charge < -0.3 is 14.8 Å². The molecule has 0 bridgehead atoms. The number of hydrogen-bond donors (Lipinski definition) is 1. The zero-order valence-electron chi connectivity index (χ0n) is 15.8. The van der Waals surface area contributed by atoms with Gasteiger partial charge >= 0.3 is 0 Å². The van der Waals surface area contributed by atoms with Crippen LogP contribution in [0.25, 0.3) is 0 Å². The van der Waals surface area contributed by atoms with Crippen LogP contribution >= 0.6 is 23.2 Å². The highest BCUT2D eigenvalue weighted by Gasteiger charge is 2.29. The molecule has 146 valence electrons. The molecule has 0 aliphatic carbocycles. The van der Waals surface area contributed by atoms with Crippen molar-refractivity contribution in [3.05, 3.63) is 57.6 Å². The summed E-state index contributed by atoms with van der Waals surface area (Å²) in [4.78, 5) is 2.45. The standard InChI is InChI=1S/C21H26Cl2N2O2/c1-3-27-20-8-6-16(23)14-18(20)21(25-11-4-9-24-10-12-25)17-13-15(22)5-7-19(17)26-2/h5-8,13-14,21,24H,3-4,9-12H2,1-2H3. The summed E-state index contributed by atoms with van der Waals surface area (Å²) in [7, 11) is 1.69. The first-order chi connectivity index (χ1) is 13.1. The minimum Gasteiger partial charge on any atom is -0.496 e.